The number of rotatable bonds is 4. The Labute approximate surface area is 142 Å². The molecule has 0 saturated carbocycles. The lowest BCUT2D eigenvalue weighted by Gasteiger charge is -2.39. The molecule has 122 valence electrons. The molecule has 1 aromatic carbocycles. The zero-order chi connectivity index (χ0) is 15.4. The van der Waals surface area contributed by atoms with Crippen LogP contribution in [0.25, 0.3) is 0 Å². The minimum Gasteiger partial charge on any atom is -0.379 e. The highest BCUT2D eigenvalue weighted by atomic mass is 35.5. The number of ether oxygens (including phenoxy) is 1. The second-order valence-electron chi connectivity index (χ2n) is 5.85. The van der Waals surface area contributed by atoms with E-state index >= 15 is 0 Å². The largest absolute Gasteiger partial charge is 0.379 e. The Bertz CT molecular complexity index is 468. The maximum absolute atomic E-state index is 6.49. The average Bonchev–Trinajstić information content (AvgIpc) is 2.55. The van der Waals surface area contributed by atoms with E-state index in [1.54, 1.807) is 0 Å². The van der Waals surface area contributed by atoms with Gasteiger partial charge in [-0.05, 0) is 12.1 Å². The number of benzene rings is 1. The Balaban J connectivity index is 1.84. The van der Waals surface area contributed by atoms with E-state index in [0.29, 0.717) is 0 Å². The lowest BCUT2D eigenvalue weighted by molar-refractivity contribution is 0.0206. The lowest BCUT2D eigenvalue weighted by atomic mass is 10.0. The van der Waals surface area contributed by atoms with Crippen molar-refractivity contribution < 1.29 is 4.74 Å². The first-order valence-corrected chi connectivity index (χ1v) is 8.70. The molecule has 0 aliphatic carbocycles. The van der Waals surface area contributed by atoms with Crippen molar-refractivity contribution in [3.05, 3.63) is 33.8 Å². The van der Waals surface area contributed by atoms with E-state index in [-0.39, 0.29) is 6.04 Å². The Morgan fingerprint density at radius 1 is 1.05 bits per heavy atom. The summed E-state index contributed by atoms with van der Waals surface area (Å²) in [5, 5.41) is 4.95. The van der Waals surface area contributed by atoms with Crippen LogP contribution in [0.3, 0.4) is 0 Å². The van der Waals surface area contributed by atoms with Crippen LogP contribution in [0.4, 0.5) is 0 Å². The summed E-state index contributed by atoms with van der Waals surface area (Å²) in [6.45, 7) is 8.60. The number of nitrogens with one attached hydrogen (secondary N) is 1. The van der Waals surface area contributed by atoms with Crippen molar-refractivity contribution in [1.29, 1.82) is 0 Å². The van der Waals surface area contributed by atoms with Crippen molar-refractivity contribution in [3.63, 3.8) is 0 Å². The third-order valence-electron chi connectivity index (χ3n) is 4.46. The quantitative estimate of drug-likeness (QED) is 0.907. The SMILES string of the molecule is Clc1cccc(Cl)c1C(CN1CCOCC1)N1CCNCC1. The van der Waals surface area contributed by atoms with Gasteiger partial charge in [0.1, 0.15) is 0 Å². The monoisotopic (exact) mass is 343 g/mol. The Morgan fingerprint density at radius 2 is 1.68 bits per heavy atom. The third-order valence-corrected chi connectivity index (χ3v) is 5.12. The summed E-state index contributed by atoms with van der Waals surface area (Å²) in [5.74, 6) is 0. The summed E-state index contributed by atoms with van der Waals surface area (Å²) >= 11 is 13.0. The van der Waals surface area contributed by atoms with Gasteiger partial charge in [-0.25, -0.2) is 0 Å². The van der Waals surface area contributed by atoms with Crippen LogP contribution >= 0.6 is 23.2 Å². The summed E-state index contributed by atoms with van der Waals surface area (Å²) in [4.78, 5) is 4.95. The highest BCUT2D eigenvalue weighted by molar-refractivity contribution is 6.36. The Hall–Kier alpha value is -0.360. The van der Waals surface area contributed by atoms with Gasteiger partial charge in [-0.2, -0.15) is 0 Å². The molecule has 0 spiro atoms. The van der Waals surface area contributed by atoms with E-state index in [1.807, 2.05) is 18.2 Å². The smallest absolute Gasteiger partial charge is 0.0594 e. The standard InChI is InChI=1S/C16H23Cl2N3O/c17-13-2-1-3-14(18)16(13)15(21-6-4-19-5-7-21)12-20-8-10-22-11-9-20/h1-3,15,19H,4-12H2. The molecule has 0 bridgehead atoms. The van der Waals surface area contributed by atoms with Gasteiger partial charge in [-0.1, -0.05) is 29.3 Å². The first-order valence-electron chi connectivity index (χ1n) is 7.94. The van der Waals surface area contributed by atoms with Gasteiger partial charge in [0.2, 0.25) is 0 Å². The van der Waals surface area contributed by atoms with E-state index in [2.05, 4.69) is 15.1 Å². The molecule has 1 aromatic rings. The fourth-order valence-electron chi connectivity index (χ4n) is 3.24. The van der Waals surface area contributed by atoms with Crippen LogP contribution in [0.5, 0.6) is 0 Å². The molecule has 4 nitrogen and oxygen atoms in total. The zero-order valence-corrected chi connectivity index (χ0v) is 14.2. The van der Waals surface area contributed by atoms with Crippen LogP contribution in [0, 0.1) is 0 Å². The predicted octanol–water partition coefficient (Wildman–Crippen LogP) is 2.27. The molecule has 0 aromatic heterocycles. The van der Waals surface area contributed by atoms with E-state index < -0.39 is 0 Å². The first-order chi connectivity index (χ1) is 10.8. The molecule has 6 heteroatoms. The fraction of sp³-hybridized carbons (Fsp3) is 0.625. The molecule has 1 N–H and O–H groups in total. The molecule has 2 saturated heterocycles. The summed E-state index contributed by atoms with van der Waals surface area (Å²) in [6, 6.07) is 6.04. The van der Waals surface area contributed by atoms with Crippen LogP contribution in [0.2, 0.25) is 10.0 Å². The maximum Gasteiger partial charge on any atom is 0.0594 e. The first kappa shape index (κ1) is 16.5. The molecular weight excluding hydrogens is 321 g/mol. The number of morpholine rings is 1. The summed E-state index contributed by atoms with van der Waals surface area (Å²) in [7, 11) is 0. The molecule has 2 heterocycles. The topological polar surface area (TPSA) is 27.7 Å². The molecular formula is C16H23Cl2N3O. The molecule has 22 heavy (non-hydrogen) atoms. The van der Waals surface area contributed by atoms with Gasteiger partial charge in [0.15, 0.2) is 0 Å². The summed E-state index contributed by atoms with van der Waals surface area (Å²) < 4.78 is 5.46. The fourth-order valence-corrected chi connectivity index (χ4v) is 3.89. The Kier molecular flexibility index (Phi) is 5.96. The van der Waals surface area contributed by atoms with Crippen molar-refractivity contribution in [2.24, 2.45) is 0 Å². The van der Waals surface area contributed by atoms with Crippen LogP contribution in [-0.2, 0) is 4.74 Å². The van der Waals surface area contributed by atoms with E-state index in [9.17, 15) is 0 Å². The lowest BCUT2D eigenvalue weighted by Crippen LogP contribution is -2.49. The van der Waals surface area contributed by atoms with E-state index in [4.69, 9.17) is 27.9 Å². The van der Waals surface area contributed by atoms with Crippen molar-refractivity contribution in [1.82, 2.24) is 15.1 Å². The molecule has 0 radical (unpaired) electrons. The average molecular weight is 344 g/mol. The highest BCUT2D eigenvalue weighted by Gasteiger charge is 2.28. The van der Waals surface area contributed by atoms with Crippen LogP contribution in [0.15, 0.2) is 18.2 Å². The molecule has 2 aliphatic rings. The molecule has 2 fully saturated rings. The van der Waals surface area contributed by atoms with E-state index in [0.717, 1.165) is 74.6 Å². The minimum atomic E-state index is 0.237. The number of piperazine rings is 1. The van der Waals surface area contributed by atoms with Crippen molar-refractivity contribution in [2.45, 2.75) is 6.04 Å². The van der Waals surface area contributed by atoms with Gasteiger partial charge in [0.05, 0.1) is 19.3 Å². The van der Waals surface area contributed by atoms with Gasteiger partial charge in [-0.15, -0.1) is 0 Å². The molecule has 0 amide bonds. The second kappa shape index (κ2) is 7.95. The summed E-state index contributed by atoms with van der Waals surface area (Å²) in [5.41, 5.74) is 1.07. The predicted molar refractivity (Wildman–Crippen MR) is 90.9 cm³/mol. The van der Waals surface area contributed by atoms with Crippen LogP contribution in [-0.4, -0.2) is 68.8 Å². The van der Waals surface area contributed by atoms with Crippen LogP contribution < -0.4 is 5.32 Å². The van der Waals surface area contributed by atoms with Gasteiger partial charge in [0.25, 0.3) is 0 Å². The third kappa shape index (κ3) is 3.94. The van der Waals surface area contributed by atoms with Gasteiger partial charge in [-0.3, -0.25) is 9.80 Å². The number of hydrogen-bond acceptors (Lipinski definition) is 4. The number of nitrogens with zero attached hydrogens (tertiary/aromatic N) is 2. The second-order valence-corrected chi connectivity index (χ2v) is 6.66. The molecule has 1 unspecified atom stereocenters. The zero-order valence-electron chi connectivity index (χ0n) is 12.7. The van der Waals surface area contributed by atoms with Gasteiger partial charge >= 0.3 is 0 Å². The van der Waals surface area contributed by atoms with Crippen molar-refractivity contribution in [3.8, 4) is 0 Å². The number of hydrogen-bond donors (Lipinski definition) is 1. The van der Waals surface area contributed by atoms with Gasteiger partial charge < -0.3 is 10.1 Å². The highest BCUT2D eigenvalue weighted by Crippen LogP contribution is 2.34. The molecule has 2 aliphatic heterocycles. The maximum atomic E-state index is 6.49. The van der Waals surface area contributed by atoms with Crippen LogP contribution in [0.1, 0.15) is 11.6 Å². The van der Waals surface area contributed by atoms with Gasteiger partial charge in [0, 0.05) is 61.4 Å². The van der Waals surface area contributed by atoms with Crippen molar-refractivity contribution in [2.75, 3.05) is 59.0 Å². The molecule has 1 atom stereocenters. The summed E-state index contributed by atoms with van der Waals surface area (Å²) in [6.07, 6.45) is 0. The van der Waals surface area contributed by atoms with Crippen molar-refractivity contribution >= 4 is 23.2 Å². The normalized spacial score (nSPS) is 22.6. The Morgan fingerprint density at radius 3 is 2.32 bits per heavy atom. The minimum absolute atomic E-state index is 0.237. The van der Waals surface area contributed by atoms with E-state index in [1.165, 1.54) is 0 Å². The molecule has 3 rings (SSSR count). The number of halogens is 2.